The zero-order chi connectivity index (χ0) is 18.5. The van der Waals surface area contributed by atoms with Gasteiger partial charge in [-0.15, -0.1) is 0 Å². The van der Waals surface area contributed by atoms with Crippen molar-refractivity contribution >= 4 is 29.1 Å². The predicted molar refractivity (Wildman–Crippen MR) is 102 cm³/mol. The van der Waals surface area contributed by atoms with Gasteiger partial charge in [-0.1, -0.05) is 11.6 Å². The molecule has 7 nitrogen and oxygen atoms in total. The Morgan fingerprint density at radius 3 is 2.58 bits per heavy atom. The van der Waals surface area contributed by atoms with Crippen molar-refractivity contribution in [3.63, 3.8) is 0 Å². The van der Waals surface area contributed by atoms with E-state index in [-0.39, 0.29) is 18.4 Å². The fraction of sp³-hybridized carbons (Fsp3) is 0.167. The molecular weight excluding hydrogens is 354 g/mol. The summed E-state index contributed by atoms with van der Waals surface area (Å²) in [5.41, 5.74) is 2.17. The number of aromatic nitrogens is 3. The van der Waals surface area contributed by atoms with Crippen molar-refractivity contribution in [2.45, 2.75) is 13.0 Å². The minimum Gasteiger partial charge on any atom is -0.508 e. The number of phenolic OH excluding ortho intramolecular Hbond substituents is 1. The molecular formula is C18H18ClN5O2. The summed E-state index contributed by atoms with van der Waals surface area (Å²) in [6.07, 6.45) is 3.37. The third kappa shape index (κ3) is 4.38. The molecule has 1 aromatic carbocycles. The van der Waals surface area contributed by atoms with E-state index in [0.29, 0.717) is 28.2 Å². The average molecular weight is 372 g/mol. The summed E-state index contributed by atoms with van der Waals surface area (Å²) in [4.78, 5) is 12.9. The highest BCUT2D eigenvalue weighted by Crippen LogP contribution is 2.30. The zero-order valence-corrected chi connectivity index (χ0v) is 14.8. The number of pyridine rings is 1. The fourth-order valence-electron chi connectivity index (χ4n) is 2.26. The predicted octanol–water partition coefficient (Wildman–Crippen LogP) is 3.43. The van der Waals surface area contributed by atoms with E-state index in [1.165, 1.54) is 12.1 Å². The molecule has 0 saturated heterocycles. The fourth-order valence-corrected chi connectivity index (χ4v) is 2.48. The second-order valence-corrected chi connectivity index (χ2v) is 6.12. The summed E-state index contributed by atoms with van der Waals surface area (Å²) < 4.78 is 0. The van der Waals surface area contributed by atoms with Gasteiger partial charge in [0.05, 0.1) is 23.0 Å². The zero-order valence-electron chi connectivity index (χ0n) is 14.0. The van der Waals surface area contributed by atoms with Crippen LogP contribution in [0.2, 0.25) is 5.02 Å². The second-order valence-electron chi connectivity index (χ2n) is 5.72. The van der Waals surface area contributed by atoms with Gasteiger partial charge in [0.1, 0.15) is 11.6 Å². The first-order valence-corrected chi connectivity index (χ1v) is 8.35. The van der Waals surface area contributed by atoms with Gasteiger partial charge in [0.15, 0.2) is 0 Å². The Balaban J connectivity index is 1.98. The molecule has 134 valence electrons. The normalized spacial score (nSPS) is 11.8. The third-order valence-electron chi connectivity index (χ3n) is 3.57. The Bertz CT molecular complexity index is 892. The SMILES string of the molecule is C[C@@H](CO)Nc1nc(Nc2ccc(O)cc2Cl)cc(-c2ccncc2)n1. The smallest absolute Gasteiger partial charge is 0.225 e. The number of hydrogen-bond donors (Lipinski definition) is 4. The Kier molecular flexibility index (Phi) is 5.50. The molecule has 0 aliphatic carbocycles. The van der Waals surface area contributed by atoms with Crippen molar-refractivity contribution in [2.75, 3.05) is 17.2 Å². The highest BCUT2D eigenvalue weighted by molar-refractivity contribution is 6.33. The highest BCUT2D eigenvalue weighted by atomic mass is 35.5. The van der Waals surface area contributed by atoms with Crippen LogP contribution in [0.15, 0.2) is 48.8 Å². The summed E-state index contributed by atoms with van der Waals surface area (Å²) in [5, 5.41) is 25.3. The molecule has 0 saturated carbocycles. The van der Waals surface area contributed by atoms with Crippen LogP contribution in [0.4, 0.5) is 17.5 Å². The van der Waals surface area contributed by atoms with E-state index in [4.69, 9.17) is 11.6 Å². The van der Waals surface area contributed by atoms with E-state index < -0.39 is 0 Å². The van der Waals surface area contributed by atoms with E-state index in [1.807, 2.05) is 19.1 Å². The highest BCUT2D eigenvalue weighted by Gasteiger charge is 2.10. The van der Waals surface area contributed by atoms with Gasteiger partial charge in [-0.3, -0.25) is 4.98 Å². The largest absolute Gasteiger partial charge is 0.508 e. The number of aromatic hydroxyl groups is 1. The van der Waals surface area contributed by atoms with E-state index in [9.17, 15) is 10.2 Å². The molecule has 0 aliphatic rings. The summed E-state index contributed by atoms with van der Waals surface area (Å²) in [6, 6.07) is 9.92. The van der Waals surface area contributed by atoms with E-state index >= 15 is 0 Å². The lowest BCUT2D eigenvalue weighted by atomic mass is 10.2. The molecule has 0 spiro atoms. The van der Waals surface area contributed by atoms with Gasteiger partial charge >= 0.3 is 0 Å². The molecule has 2 heterocycles. The molecule has 3 aromatic rings. The lowest BCUT2D eigenvalue weighted by Crippen LogP contribution is -2.21. The first-order valence-electron chi connectivity index (χ1n) is 7.97. The molecule has 0 radical (unpaired) electrons. The number of nitrogens with one attached hydrogen (secondary N) is 2. The van der Waals surface area contributed by atoms with Crippen LogP contribution < -0.4 is 10.6 Å². The maximum absolute atomic E-state index is 9.49. The van der Waals surface area contributed by atoms with E-state index in [2.05, 4.69) is 25.6 Å². The van der Waals surface area contributed by atoms with Crippen LogP contribution in [0.3, 0.4) is 0 Å². The minimum absolute atomic E-state index is 0.0462. The van der Waals surface area contributed by atoms with Gasteiger partial charge in [0.25, 0.3) is 0 Å². The second kappa shape index (κ2) is 7.99. The molecule has 8 heteroatoms. The van der Waals surface area contributed by atoms with Crippen LogP contribution in [0.5, 0.6) is 5.75 Å². The molecule has 3 rings (SSSR count). The van der Waals surface area contributed by atoms with Gasteiger partial charge in [-0.05, 0) is 31.2 Å². The number of nitrogens with zero attached hydrogens (tertiary/aromatic N) is 3. The molecule has 0 bridgehead atoms. The summed E-state index contributed by atoms with van der Waals surface area (Å²) >= 11 is 6.16. The average Bonchev–Trinajstić information content (AvgIpc) is 2.64. The minimum atomic E-state index is -0.201. The lowest BCUT2D eigenvalue weighted by molar-refractivity contribution is 0.281. The Labute approximate surface area is 155 Å². The van der Waals surface area contributed by atoms with Gasteiger partial charge in [0, 0.05) is 36.1 Å². The number of aliphatic hydroxyl groups excluding tert-OH is 1. The molecule has 26 heavy (non-hydrogen) atoms. The molecule has 0 fully saturated rings. The van der Waals surface area contributed by atoms with Crippen molar-refractivity contribution in [2.24, 2.45) is 0 Å². The summed E-state index contributed by atoms with van der Waals surface area (Å²) in [6.45, 7) is 1.78. The third-order valence-corrected chi connectivity index (χ3v) is 3.88. The maximum Gasteiger partial charge on any atom is 0.225 e. The number of rotatable bonds is 6. The van der Waals surface area contributed by atoms with E-state index in [0.717, 1.165) is 5.56 Å². The van der Waals surface area contributed by atoms with Crippen molar-refractivity contribution in [1.82, 2.24) is 15.0 Å². The lowest BCUT2D eigenvalue weighted by Gasteiger charge is -2.14. The number of anilines is 3. The summed E-state index contributed by atoms with van der Waals surface area (Å²) in [5.74, 6) is 0.977. The molecule has 0 amide bonds. The topological polar surface area (TPSA) is 103 Å². The number of benzene rings is 1. The monoisotopic (exact) mass is 371 g/mol. The van der Waals surface area contributed by atoms with Crippen molar-refractivity contribution in [3.05, 3.63) is 53.8 Å². The summed E-state index contributed by atoms with van der Waals surface area (Å²) in [7, 11) is 0. The van der Waals surface area contributed by atoms with Gasteiger partial charge < -0.3 is 20.8 Å². The van der Waals surface area contributed by atoms with Crippen molar-refractivity contribution in [3.8, 4) is 17.0 Å². The van der Waals surface area contributed by atoms with Crippen molar-refractivity contribution in [1.29, 1.82) is 0 Å². The molecule has 4 N–H and O–H groups in total. The molecule has 0 unspecified atom stereocenters. The maximum atomic E-state index is 9.49. The molecule has 0 aliphatic heterocycles. The Hall–Kier alpha value is -2.90. The van der Waals surface area contributed by atoms with Gasteiger partial charge in [-0.25, -0.2) is 4.98 Å². The molecule has 1 atom stereocenters. The number of aliphatic hydroxyl groups is 1. The number of halogens is 1. The van der Waals surface area contributed by atoms with E-state index in [1.54, 1.807) is 24.5 Å². The quantitative estimate of drug-likeness (QED) is 0.492. The van der Waals surface area contributed by atoms with Crippen LogP contribution in [-0.2, 0) is 0 Å². The van der Waals surface area contributed by atoms with Gasteiger partial charge in [0.2, 0.25) is 5.95 Å². The standard InChI is InChI=1S/C18H18ClN5O2/c1-11(10-25)21-18-23-16(12-4-6-20-7-5-12)9-17(24-18)22-15-3-2-13(26)8-14(15)19/h2-9,11,25-26H,10H2,1H3,(H2,21,22,23,24)/t11-/m0/s1. The van der Waals surface area contributed by atoms with Crippen LogP contribution in [0, 0.1) is 0 Å². The van der Waals surface area contributed by atoms with Crippen LogP contribution in [0.25, 0.3) is 11.3 Å². The first-order chi connectivity index (χ1) is 12.5. The van der Waals surface area contributed by atoms with Crippen LogP contribution >= 0.6 is 11.6 Å². The number of hydrogen-bond acceptors (Lipinski definition) is 7. The van der Waals surface area contributed by atoms with Crippen LogP contribution in [0.1, 0.15) is 6.92 Å². The Morgan fingerprint density at radius 2 is 1.88 bits per heavy atom. The first kappa shape index (κ1) is 17.9. The van der Waals surface area contributed by atoms with Gasteiger partial charge in [-0.2, -0.15) is 4.98 Å². The Morgan fingerprint density at radius 1 is 1.12 bits per heavy atom. The molecule has 2 aromatic heterocycles. The van der Waals surface area contributed by atoms with Crippen LogP contribution in [-0.4, -0.2) is 37.8 Å². The van der Waals surface area contributed by atoms with Crippen molar-refractivity contribution < 1.29 is 10.2 Å². The number of phenols is 1.